The molecule has 1 saturated heterocycles. The number of likely N-dealkylation sites (tertiary alicyclic amines) is 1. The van der Waals surface area contributed by atoms with E-state index in [1.54, 1.807) is 6.07 Å². The van der Waals surface area contributed by atoms with E-state index < -0.39 is 5.97 Å². The van der Waals surface area contributed by atoms with Gasteiger partial charge in [0.25, 0.3) is 0 Å². The van der Waals surface area contributed by atoms with E-state index in [1.165, 1.54) is 12.8 Å². The average Bonchev–Trinajstić information content (AvgIpc) is 2.70. The fourth-order valence-electron chi connectivity index (χ4n) is 2.19. The molecule has 1 aliphatic heterocycles. The molecule has 1 heterocycles. The molecule has 0 aliphatic carbocycles. The number of nitrogen functional groups attached to an aromatic ring is 1. The molecule has 3 N–H and O–H groups in total. The van der Waals surface area contributed by atoms with Gasteiger partial charge in [0, 0.05) is 12.2 Å². The molecule has 0 aromatic heterocycles. The summed E-state index contributed by atoms with van der Waals surface area (Å²) < 4.78 is 0. The summed E-state index contributed by atoms with van der Waals surface area (Å²) in [7, 11) is 0. The normalized spacial score (nSPS) is 16.5. The van der Waals surface area contributed by atoms with Crippen molar-refractivity contribution >= 4 is 11.7 Å². The van der Waals surface area contributed by atoms with Crippen LogP contribution in [0.5, 0.6) is 0 Å². The minimum Gasteiger partial charge on any atom is -0.478 e. The first kappa shape index (κ1) is 11.0. The number of benzene rings is 1. The standard InChI is InChI=1S/C12H16N2O2/c13-10-5-3-4-9(11(10)12(15)16)8-14-6-1-2-7-14/h3-5H,1-2,6-8,13H2,(H,15,16). The largest absolute Gasteiger partial charge is 0.478 e. The van der Waals surface area contributed by atoms with Gasteiger partial charge in [-0.25, -0.2) is 4.79 Å². The van der Waals surface area contributed by atoms with Gasteiger partial charge in [0.2, 0.25) is 0 Å². The van der Waals surface area contributed by atoms with Gasteiger partial charge in [-0.3, -0.25) is 4.90 Å². The average molecular weight is 220 g/mol. The molecule has 16 heavy (non-hydrogen) atoms. The number of carbonyl (C=O) groups is 1. The number of anilines is 1. The Bertz CT molecular complexity index is 398. The minimum atomic E-state index is -0.938. The van der Waals surface area contributed by atoms with Crippen LogP contribution in [0.25, 0.3) is 0 Å². The van der Waals surface area contributed by atoms with Crippen LogP contribution in [-0.4, -0.2) is 29.1 Å². The van der Waals surface area contributed by atoms with Crippen molar-refractivity contribution in [2.24, 2.45) is 0 Å². The maximum absolute atomic E-state index is 11.1. The fourth-order valence-corrected chi connectivity index (χ4v) is 2.19. The van der Waals surface area contributed by atoms with E-state index in [1.807, 2.05) is 12.1 Å². The first-order valence-corrected chi connectivity index (χ1v) is 5.51. The van der Waals surface area contributed by atoms with E-state index in [9.17, 15) is 4.79 Å². The zero-order chi connectivity index (χ0) is 11.5. The van der Waals surface area contributed by atoms with E-state index in [0.29, 0.717) is 12.2 Å². The number of carboxylic acids is 1. The Morgan fingerprint density at radius 3 is 2.69 bits per heavy atom. The maximum Gasteiger partial charge on any atom is 0.338 e. The molecule has 1 fully saturated rings. The third-order valence-corrected chi connectivity index (χ3v) is 2.99. The molecule has 0 saturated carbocycles. The molecule has 4 heteroatoms. The van der Waals surface area contributed by atoms with Crippen LogP contribution in [0.1, 0.15) is 28.8 Å². The van der Waals surface area contributed by atoms with Crippen LogP contribution in [0, 0.1) is 0 Å². The van der Waals surface area contributed by atoms with Gasteiger partial charge in [0.1, 0.15) is 0 Å². The summed E-state index contributed by atoms with van der Waals surface area (Å²) >= 11 is 0. The first-order valence-electron chi connectivity index (χ1n) is 5.51. The number of hydrogen-bond acceptors (Lipinski definition) is 3. The lowest BCUT2D eigenvalue weighted by atomic mass is 10.1. The van der Waals surface area contributed by atoms with Gasteiger partial charge >= 0.3 is 5.97 Å². The van der Waals surface area contributed by atoms with Crippen molar-refractivity contribution in [2.45, 2.75) is 19.4 Å². The Morgan fingerprint density at radius 2 is 2.06 bits per heavy atom. The number of hydrogen-bond donors (Lipinski definition) is 2. The van der Waals surface area contributed by atoms with Crippen molar-refractivity contribution < 1.29 is 9.90 Å². The predicted molar refractivity (Wildman–Crippen MR) is 62.3 cm³/mol. The third-order valence-electron chi connectivity index (χ3n) is 2.99. The minimum absolute atomic E-state index is 0.259. The second-order valence-corrected chi connectivity index (χ2v) is 4.17. The van der Waals surface area contributed by atoms with Crippen molar-refractivity contribution in [1.29, 1.82) is 0 Å². The maximum atomic E-state index is 11.1. The number of nitrogens with two attached hydrogens (primary N) is 1. The number of nitrogens with zero attached hydrogens (tertiary/aromatic N) is 1. The molecule has 0 spiro atoms. The Hall–Kier alpha value is -1.55. The Balaban J connectivity index is 2.25. The van der Waals surface area contributed by atoms with Gasteiger partial charge in [-0.1, -0.05) is 12.1 Å². The molecule has 0 bridgehead atoms. The number of aromatic carboxylic acids is 1. The molecule has 1 aliphatic rings. The van der Waals surface area contributed by atoms with E-state index in [-0.39, 0.29) is 5.56 Å². The quantitative estimate of drug-likeness (QED) is 0.759. The Morgan fingerprint density at radius 1 is 1.38 bits per heavy atom. The summed E-state index contributed by atoms with van der Waals surface area (Å²) in [6.45, 7) is 2.79. The topological polar surface area (TPSA) is 66.6 Å². The summed E-state index contributed by atoms with van der Waals surface area (Å²) in [5.41, 5.74) is 7.12. The molecule has 1 aromatic carbocycles. The highest BCUT2D eigenvalue weighted by molar-refractivity contribution is 5.95. The molecule has 0 amide bonds. The molecule has 0 radical (unpaired) electrons. The zero-order valence-corrected chi connectivity index (χ0v) is 9.15. The van der Waals surface area contributed by atoms with Crippen molar-refractivity contribution in [1.82, 2.24) is 4.90 Å². The van der Waals surface area contributed by atoms with E-state index in [2.05, 4.69) is 4.90 Å². The van der Waals surface area contributed by atoms with Crippen LogP contribution >= 0.6 is 0 Å². The fraction of sp³-hybridized carbons (Fsp3) is 0.417. The van der Waals surface area contributed by atoms with Crippen LogP contribution in [0.15, 0.2) is 18.2 Å². The van der Waals surface area contributed by atoms with E-state index in [4.69, 9.17) is 10.8 Å². The molecule has 0 atom stereocenters. The lowest BCUT2D eigenvalue weighted by Crippen LogP contribution is -2.20. The molecule has 0 unspecified atom stereocenters. The summed E-state index contributed by atoms with van der Waals surface area (Å²) in [6.07, 6.45) is 2.40. The monoisotopic (exact) mass is 220 g/mol. The molecular weight excluding hydrogens is 204 g/mol. The Kier molecular flexibility index (Phi) is 3.10. The van der Waals surface area contributed by atoms with Crippen LogP contribution in [0.3, 0.4) is 0 Å². The third kappa shape index (κ3) is 2.17. The van der Waals surface area contributed by atoms with Crippen molar-refractivity contribution in [3.05, 3.63) is 29.3 Å². The lowest BCUT2D eigenvalue weighted by Gasteiger charge is -2.16. The van der Waals surface area contributed by atoms with E-state index >= 15 is 0 Å². The van der Waals surface area contributed by atoms with Crippen LogP contribution in [0.2, 0.25) is 0 Å². The second-order valence-electron chi connectivity index (χ2n) is 4.17. The summed E-state index contributed by atoms with van der Waals surface area (Å²) in [4.78, 5) is 13.4. The van der Waals surface area contributed by atoms with Gasteiger partial charge in [-0.2, -0.15) is 0 Å². The lowest BCUT2D eigenvalue weighted by molar-refractivity contribution is 0.0696. The highest BCUT2D eigenvalue weighted by atomic mass is 16.4. The van der Waals surface area contributed by atoms with Crippen molar-refractivity contribution in [3.63, 3.8) is 0 Å². The first-order chi connectivity index (χ1) is 7.68. The van der Waals surface area contributed by atoms with Crippen LogP contribution in [-0.2, 0) is 6.54 Å². The number of carboxylic acid groups (broad SMARTS) is 1. The predicted octanol–water partition coefficient (Wildman–Crippen LogP) is 1.56. The van der Waals surface area contributed by atoms with Gasteiger partial charge in [-0.15, -0.1) is 0 Å². The van der Waals surface area contributed by atoms with Gasteiger partial charge in [0.15, 0.2) is 0 Å². The second kappa shape index (κ2) is 4.53. The Labute approximate surface area is 94.7 Å². The molecule has 4 nitrogen and oxygen atoms in total. The summed E-state index contributed by atoms with van der Waals surface area (Å²) in [5, 5.41) is 9.12. The molecule has 1 aromatic rings. The van der Waals surface area contributed by atoms with E-state index in [0.717, 1.165) is 18.7 Å². The number of rotatable bonds is 3. The molecule has 86 valence electrons. The van der Waals surface area contributed by atoms with Crippen molar-refractivity contribution in [3.8, 4) is 0 Å². The SMILES string of the molecule is Nc1cccc(CN2CCCC2)c1C(=O)O. The molecule has 2 rings (SSSR count). The zero-order valence-electron chi connectivity index (χ0n) is 9.15. The van der Waals surface area contributed by atoms with Crippen molar-refractivity contribution in [2.75, 3.05) is 18.8 Å². The molecular formula is C12H16N2O2. The highest BCUT2D eigenvalue weighted by Crippen LogP contribution is 2.20. The summed E-state index contributed by atoms with van der Waals surface area (Å²) in [5.74, 6) is -0.938. The van der Waals surface area contributed by atoms with Gasteiger partial charge in [-0.05, 0) is 37.6 Å². The van der Waals surface area contributed by atoms with Crippen LogP contribution < -0.4 is 5.73 Å². The van der Waals surface area contributed by atoms with Gasteiger partial charge in [0.05, 0.1) is 5.56 Å². The van der Waals surface area contributed by atoms with Crippen LogP contribution in [0.4, 0.5) is 5.69 Å². The van der Waals surface area contributed by atoms with Gasteiger partial charge < -0.3 is 10.8 Å². The summed E-state index contributed by atoms with van der Waals surface area (Å²) in [6, 6.07) is 5.29. The smallest absolute Gasteiger partial charge is 0.338 e. The highest BCUT2D eigenvalue weighted by Gasteiger charge is 2.18.